The average Bonchev–Trinajstić information content (AvgIpc) is 3.17. The number of thioether (sulfide) groups is 1. The number of amides is 1. The summed E-state index contributed by atoms with van der Waals surface area (Å²) in [5.41, 5.74) is 0.142. The number of rotatable bonds is 6. The van der Waals surface area contributed by atoms with Crippen molar-refractivity contribution >= 4 is 34.5 Å². The van der Waals surface area contributed by atoms with Gasteiger partial charge in [-0.15, -0.1) is 0 Å². The quantitative estimate of drug-likeness (QED) is 0.584. The Labute approximate surface area is 163 Å². The van der Waals surface area contributed by atoms with Crippen LogP contribution < -0.4 is 5.32 Å². The Kier molecular flexibility index (Phi) is 5.69. The number of fused-ring (bicyclic) bond motifs is 1. The van der Waals surface area contributed by atoms with Gasteiger partial charge in [-0.2, -0.15) is 13.2 Å². The number of carbonyl (C=O) groups excluding carboxylic acids is 1. The molecule has 28 heavy (non-hydrogen) atoms. The summed E-state index contributed by atoms with van der Waals surface area (Å²) >= 11 is 1.18. The summed E-state index contributed by atoms with van der Waals surface area (Å²) in [5.74, 6) is 0.581. The lowest BCUT2D eigenvalue weighted by atomic mass is 10.2. The SMILES string of the molecule is CCCn1c(S[C@H](C)C(=O)Nc2cc(C)on2)nc2ccc(C(F)(F)F)cc21. The molecule has 0 saturated heterocycles. The van der Waals surface area contributed by atoms with Crippen LogP contribution in [0.1, 0.15) is 31.6 Å². The van der Waals surface area contributed by atoms with Crippen LogP contribution in [0.5, 0.6) is 0 Å². The summed E-state index contributed by atoms with van der Waals surface area (Å²) in [4.78, 5) is 16.8. The van der Waals surface area contributed by atoms with Crippen molar-refractivity contribution < 1.29 is 22.5 Å². The highest BCUT2D eigenvalue weighted by molar-refractivity contribution is 8.00. The number of nitrogens with one attached hydrogen (secondary N) is 1. The van der Waals surface area contributed by atoms with Crippen LogP contribution in [0.15, 0.2) is 33.9 Å². The minimum Gasteiger partial charge on any atom is -0.360 e. The number of aromatic nitrogens is 3. The van der Waals surface area contributed by atoms with Crippen molar-refractivity contribution in [2.24, 2.45) is 0 Å². The van der Waals surface area contributed by atoms with Crippen LogP contribution in [0.4, 0.5) is 19.0 Å². The number of hydrogen-bond acceptors (Lipinski definition) is 5. The number of alkyl halides is 3. The first-order valence-electron chi connectivity index (χ1n) is 8.67. The number of anilines is 1. The molecule has 1 aromatic carbocycles. The molecule has 0 aliphatic heterocycles. The zero-order valence-electron chi connectivity index (χ0n) is 15.5. The van der Waals surface area contributed by atoms with Gasteiger partial charge in [0.25, 0.3) is 0 Å². The third-order valence-corrected chi connectivity index (χ3v) is 5.11. The lowest BCUT2D eigenvalue weighted by Gasteiger charge is -2.12. The predicted octanol–water partition coefficient (Wildman–Crippen LogP) is 4.88. The van der Waals surface area contributed by atoms with E-state index in [1.54, 1.807) is 24.5 Å². The van der Waals surface area contributed by atoms with E-state index in [0.29, 0.717) is 40.7 Å². The second-order valence-corrected chi connectivity index (χ2v) is 7.63. The second-order valence-electron chi connectivity index (χ2n) is 6.32. The van der Waals surface area contributed by atoms with Crippen molar-refractivity contribution in [3.63, 3.8) is 0 Å². The van der Waals surface area contributed by atoms with Gasteiger partial charge in [0.15, 0.2) is 11.0 Å². The molecule has 0 unspecified atom stereocenters. The van der Waals surface area contributed by atoms with Gasteiger partial charge in [-0.05, 0) is 38.5 Å². The number of aryl methyl sites for hydroxylation is 2. The maximum absolute atomic E-state index is 13.1. The van der Waals surface area contributed by atoms with Crippen LogP contribution in [-0.4, -0.2) is 25.9 Å². The van der Waals surface area contributed by atoms with Crippen LogP contribution in [0, 0.1) is 6.92 Å². The molecular weight excluding hydrogens is 393 g/mol. The first-order chi connectivity index (χ1) is 13.2. The topological polar surface area (TPSA) is 73.0 Å². The normalized spacial score (nSPS) is 13.1. The molecule has 1 atom stereocenters. The van der Waals surface area contributed by atoms with Crippen molar-refractivity contribution in [1.29, 1.82) is 0 Å². The Bertz CT molecular complexity index is 997. The van der Waals surface area contributed by atoms with E-state index >= 15 is 0 Å². The number of carbonyl (C=O) groups is 1. The highest BCUT2D eigenvalue weighted by atomic mass is 32.2. The van der Waals surface area contributed by atoms with Gasteiger partial charge in [0, 0.05) is 12.6 Å². The number of halogens is 3. The molecule has 3 aromatic rings. The summed E-state index contributed by atoms with van der Waals surface area (Å²) in [6.07, 6.45) is -3.71. The molecule has 0 fully saturated rings. The van der Waals surface area contributed by atoms with E-state index in [1.165, 1.54) is 17.8 Å². The fraction of sp³-hybridized carbons (Fsp3) is 0.389. The summed E-state index contributed by atoms with van der Waals surface area (Å²) < 4.78 is 45.8. The summed E-state index contributed by atoms with van der Waals surface area (Å²) in [6.45, 7) is 5.83. The largest absolute Gasteiger partial charge is 0.416 e. The number of nitrogens with zero attached hydrogens (tertiary/aromatic N) is 3. The van der Waals surface area contributed by atoms with Crippen molar-refractivity contribution in [2.75, 3.05) is 5.32 Å². The van der Waals surface area contributed by atoms with E-state index in [0.717, 1.165) is 12.1 Å². The highest BCUT2D eigenvalue weighted by Crippen LogP contribution is 2.34. The van der Waals surface area contributed by atoms with E-state index < -0.39 is 17.0 Å². The molecule has 1 amide bonds. The third kappa shape index (κ3) is 4.32. The maximum Gasteiger partial charge on any atom is 0.416 e. The molecule has 0 spiro atoms. The fourth-order valence-corrected chi connectivity index (χ4v) is 3.62. The van der Waals surface area contributed by atoms with Gasteiger partial charge in [0.1, 0.15) is 5.76 Å². The molecular formula is C18H19F3N4O2S. The Balaban J connectivity index is 1.86. The smallest absolute Gasteiger partial charge is 0.360 e. The van der Waals surface area contributed by atoms with Crippen LogP contribution in [0.3, 0.4) is 0 Å². The van der Waals surface area contributed by atoms with Crippen molar-refractivity contribution in [3.8, 4) is 0 Å². The van der Waals surface area contributed by atoms with Gasteiger partial charge in [0.2, 0.25) is 5.91 Å². The lowest BCUT2D eigenvalue weighted by Crippen LogP contribution is -2.23. The number of imidazole rings is 1. The Hall–Kier alpha value is -2.49. The van der Waals surface area contributed by atoms with Gasteiger partial charge in [-0.1, -0.05) is 23.8 Å². The maximum atomic E-state index is 13.1. The first-order valence-corrected chi connectivity index (χ1v) is 9.55. The second kappa shape index (κ2) is 7.86. The van der Waals surface area contributed by atoms with Gasteiger partial charge in [0.05, 0.1) is 21.8 Å². The van der Waals surface area contributed by atoms with Crippen molar-refractivity contribution in [1.82, 2.24) is 14.7 Å². The minimum atomic E-state index is -4.42. The van der Waals surface area contributed by atoms with Crippen LogP contribution in [0.25, 0.3) is 11.0 Å². The zero-order valence-corrected chi connectivity index (χ0v) is 16.3. The third-order valence-electron chi connectivity index (χ3n) is 4.02. The van der Waals surface area contributed by atoms with Crippen molar-refractivity contribution in [3.05, 3.63) is 35.6 Å². The summed E-state index contributed by atoms with van der Waals surface area (Å²) in [6, 6.07) is 5.08. The van der Waals surface area contributed by atoms with Crippen molar-refractivity contribution in [2.45, 2.75) is 50.3 Å². The molecule has 2 aromatic heterocycles. The molecule has 6 nitrogen and oxygen atoms in total. The molecule has 1 N–H and O–H groups in total. The molecule has 0 saturated carbocycles. The standard InChI is InChI=1S/C18H19F3N4O2S/c1-4-7-25-14-9-12(18(19,20)21)5-6-13(14)22-17(25)28-11(3)16(26)23-15-8-10(2)27-24-15/h5-6,8-9,11H,4,7H2,1-3H3,(H,23,24,26)/t11-/m1/s1. The molecule has 0 aliphatic rings. The van der Waals surface area contributed by atoms with E-state index in [2.05, 4.69) is 15.5 Å². The number of hydrogen-bond donors (Lipinski definition) is 1. The summed E-state index contributed by atoms with van der Waals surface area (Å²) in [5, 5.41) is 6.32. The van der Waals surface area contributed by atoms with Gasteiger partial charge < -0.3 is 14.4 Å². The zero-order chi connectivity index (χ0) is 20.5. The Morgan fingerprint density at radius 2 is 2.11 bits per heavy atom. The minimum absolute atomic E-state index is 0.301. The van der Waals surface area contributed by atoms with Crippen LogP contribution in [0.2, 0.25) is 0 Å². The summed E-state index contributed by atoms with van der Waals surface area (Å²) in [7, 11) is 0. The lowest BCUT2D eigenvalue weighted by molar-refractivity contribution is -0.137. The van der Waals surface area contributed by atoms with E-state index in [9.17, 15) is 18.0 Å². The molecule has 150 valence electrons. The van der Waals surface area contributed by atoms with E-state index in [4.69, 9.17) is 4.52 Å². The predicted molar refractivity (Wildman–Crippen MR) is 100 cm³/mol. The molecule has 0 radical (unpaired) electrons. The highest BCUT2D eigenvalue weighted by Gasteiger charge is 2.31. The number of benzene rings is 1. The Morgan fingerprint density at radius 3 is 2.71 bits per heavy atom. The molecule has 0 aliphatic carbocycles. The monoisotopic (exact) mass is 412 g/mol. The van der Waals surface area contributed by atoms with E-state index in [1.807, 2.05) is 6.92 Å². The molecule has 0 bridgehead atoms. The molecule has 10 heteroatoms. The van der Waals surface area contributed by atoms with Crippen LogP contribution in [-0.2, 0) is 17.5 Å². The molecule has 2 heterocycles. The van der Waals surface area contributed by atoms with Gasteiger partial charge >= 0.3 is 6.18 Å². The van der Waals surface area contributed by atoms with Gasteiger partial charge in [-0.3, -0.25) is 4.79 Å². The first kappa shape index (κ1) is 20.2. The Morgan fingerprint density at radius 1 is 1.36 bits per heavy atom. The average molecular weight is 412 g/mol. The molecule has 3 rings (SSSR count). The van der Waals surface area contributed by atoms with Gasteiger partial charge in [-0.25, -0.2) is 4.98 Å². The van der Waals surface area contributed by atoms with E-state index in [-0.39, 0.29) is 5.91 Å². The fourth-order valence-electron chi connectivity index (χ4n) is 2.67. The van der Waals surface area contributed by atoms with Crippen LogP contribution >= 0.6 is 11.8 Å².